The molecule has 1 N–H and O–H groups in total. The van der Waals surface area contributed by atoms with Crippen molar-refractivity contribution in [3.8, 4) is 0 Å². The number of carbonyl (C=O) groups is 1. The quantitative estimate of drug-likeness (QED) is 0.564. The van der Waals surface area contributed by atoms with Gasteiger partial charge < -0.3 is 5.32 Å². The Morgan fingerprint density at radius 2 is 1.97 bits per heavy atom. The van der Waals surface area contributed by atoms with Crippen LogP contribution in [0.5, 0.6) is 0 Å². The second kappa shape index (κ2) is 10.3. The fourth-order valence-corrected chi connectivity index (χ4v) is 4.52. The minimum absolute atomic E-state index is 0.0770. The summed E-state index contributed by atoms with van der Waals surface area (Å²) in [7, 11) is 0. The summed E-state index contributed by atoms with van der Waals surface area (Å²) in [6, 6.07) is 15.8. The van der Waals surface area contributed by atoms with Gasteiger partial charge in [0.25, 0.3) is 5.56 Å². The Kier molecular flexibility index (Phi) is 7.26. The van der Waals surface area contributed by atoms with Crippen LogP contribution in [0.1, 0.15) is 41.6 Å². The summed E-state index contributed by atoms with van der Waals surface area (Å²) in [4.78, 5) is 33.3. The van der Waals surface area contributed by atoms with Gasteiger partial charge in [-0.05, 0) is 43.0 Å². The van der Waals surface area contributed by atoms with Crippen LogP contribution in [-0.4, -0.2) is 26.9 Å². The molecule has 1 aromatic heterocycles. The maximum absolute atomic E-state index is 13.4. The second-order valence-electron chi connectivity index (χ2n) is 8.57. The number of fused-ring (bicyclic) bond motifs is 1. The third kappa shape index (κ3) is 5.52. The third-order valence-corrected chi connectivity index (χ3v) is 6.21. The first-order chi connectivity index (χ1) is 15.9. The minimum Gasteiger partial charge on any atom is -0.323 e. The monoisotopic (exact) mass is 464 g/mol. The van der Waals surface area contributed by atoms with Gasteiger partial charge in [0.15, 0.2) is 0 Å². The molecule has 3 aromatic rings. The first kappa shape index (κ1) is 23.2. The van der Waals surface area contributed by atoms with Crippen molar-refractivity contribution in [2.75, 3.05) is 11.9 Å². The Morgan fingerprint density at radius 1 is 1.18 bits per heavy atom. The molecule has 0 spiro atoms. The van der Waals surface area contributed by atoms with Crippen LogP contribution in [0.4, 0.5) is 5.69 Å². The fraction of sp³-hybridized carbons (Fsp3) is 0.346. The van der Waals surface area contributed by atoms with Gasteiger partial charge >= 0.3 is 0 Å². The Morgan fingerprint density at radius 3 is 2.70 bits per heavy atom. The molecule has 33 heavy (non-hydrogen) atoms. The molecule has 0 unspecified atom stereocenters. The largest absolute Gasteiger partial charge is 0.323 e. The molecular formula is C26H29ClN4O2. The smallest absolute Gasteiger partial charge is 0.257 e. The van der Waals surface area contributed by atoms with Gasteiger partial charge in [-0.2, -0.15) is 0 Å². The zero-order chi connectivity index (χ0) is 23.4. The van der Waals surface area contributed by atoms with E-state index in [1.807, 2.05) is 38.1 Å². The number of hydrogen-bond acceptors (Lipinski definition) is 4. The zero-order valence-electron chi connectivity index (χ0n) is 19.1. The highest BCUT2D eigenvalue weighted by Crippen LogP contribution is 2.23. The number of benzene rings is 2. The molecule has 0 radical (unpaired) electrons. The molecular weight excluding hydrogens is 436 g/mol. The van der Waals surface area contributed by atoms with Crippen molar-refractivity contribution < 1.29 is 4.79 Å². The molecule has 0 saturated carbocycles. The lowest BCUT2D eigenvalue weighted by Crippen LogP contribution is -2.40. The van der Waals surface area contributed by atoms with Gasteiger partial charge in [-0.3, -0.25) is 19.1 Å². The van der Waals surface area contributed by atoms with Crippen molar-refractivity contribution in [3.63, 3.8) is 0 Å². The lowest BCUT2D eigenvalue weighted by molar-refractivity contribution is -0.116. The molecule has 0 bridgehead atoms. The number of rotatable bonds is 7. The molecule has 1 aliphatic rings. The van der Waals surface area contributed by atoms with Gasteiger partial charge in [-0.1, -0.05) is 54.9 Å². The molecule has 1 aliphatic heterocycles. The predicted octanol–water partition coefficient (Wildman–Crippen LogP) is 4.35. The molecule has 2 aromatic carbocycles. The van der Waals surface area contributed by atoms with Crippen LogP contribution in [0.3, 0.4) is 0 Å². The summed E-state index contributed by atoms with van der Waals surface area (Å²) in [6.07, 6.45) is 2.11. The summed E-state index contributed by atoms with van der Waals surface area (Å²) >= 11 is 6.26. The number of anilines is 1. The second-order valence-corrected chi connectivity index (χ2v) is 8.98. The number of nitrogens with one attached hydrogen (secondary N) is 1. The molecule has 172 valence electrons. The van der Waals surface area contributed by atoms with E-state index in [1.165, 1.54) is 10.1 Å². The standard InChI is InChI=1S/C26H29ClN4O2/c1-3-7-24-28-23-16-30(15-19-8-5-4-6-9-19)13-12-20(23)26(33)31(24)17-25(32)29-22-11-10-18(2)14-21(22)27/h4-6,8-11,14H,3,7,12-13,15-17H2,1-2H3,(H,29,32). The van der Waals surface area contributed by atoms with Crippen LogP contribution >= 0.6 is 11.6 Å². The van der Waals surface area contributed by atoms with Crippen LogP contribution in [-0.2, 0) is 37.3 Å². The highest BCUT2D eigenvalue weighted by atomic mass is 35.5. The fourth-order valence-electron chi connectivity index (χ4n) is 4.24. The van der Waals surface area contributed by atoms with E-state index in [2.05, 4.69) is 22.3 Å². The molecule has 0 atom stereocenters. The lowest BCUT2D eigenvalue weighted by atomic mass is 10.0. The van der Waals surface area contributed by atoms with E-state index in [9.17, 15) is 9.59 Å². The normalized spacial score (nSPS) is 13.5. The number of carbonyl (C=O) groups excluding carboxylic acids is 1. The van der Waals surface area contributed by atoms with E-state index in [0.29, 0.717) is 35.9 Å². The van der Waals surface area contributed by atoms with Gasteiger partial charge in [0.1, 0.15) is 12.4 Å². The topological polar surface area (TPSA) is 67.2 Å². The zero-order valence-corrected chi connectivity index (χ0v) is 19.9. The van der Waals surface area contributed by atoms with E-state index in [4.69, 9.17) is 16.6 Å². The maximum Gasteiger partial charge on any atom is 0.257 e. The van der Waals surface area contributed by atoms with Gasteiger partial charge in [0, 0.05) is 31.6 Å². The SMILES string of the molecule is CCCc1nc2c(c(=O)n1CC(=O)Nc1ccc(C)cc1Cl)CCN(Cc1ccccc1)C2. The van der Waals surface area contributed by atoms with Crippen LogP contribution in [0.25, 0.3) is 0 Å². The van der Waals surface area contributed by atoms with Crippen molar-refractivity contribution in [2.45, 2.75) is 52.7 Å². The summed E-state index contributed by atoms with van der Waals surface area (Å²) in [5, 5.41) is 3.31. The average Bonchev–Trinajstić information content (AvgIpc) is 2.79. The molecule has 1 amide bonds. The van der Waals surface area contributed by atoms with Gasteiger partial charge in [-0.15, -0.1) is 0 Å². The number of hydrogen-bond donors (Lipinski definition) is 1. The summed E-state index contributed by atoms with van der Waals surface area (Å²) in [6.45, 7) is 6.16. The van der Waals surface area contributed by atoms with E-state index in [0.717, 1.165) is 36.3 Å². The first-order valence-corrected chi connectivity index (χ1v) is 11.8. The van der Waals surface area contributed by atoms with Crippen molar-refractivity contribution >= 4 is 23.2 Å². The maximum atomic E-state index is 13.4. The molecule has 2 heterocycles. The number of aryl methyl sites for hydroxylation is 2. The van der Waals surface area contributed by atoms with Gasteiger partial charge in [0.05, 0.1) is 16.4 Å². The Balaban J connectivity index is 1.55. The van der Waals surface area contributed by atoms with Crippen molar-refractivity contribution in [1.29, 1.82) is 0 Å². The van der Waals surface area contributed by atoms with Gasteiger partial charge in [-0.25, -0.2) is 4.98 Å². The third-order valence-electron chi connectivity index (χ3n) is 5.90. The summed E-state index contributed by atoms with van der Waals surface area (Å²) < 4.78 is 1.53. The van der Waals surface area contributed by atoms with Gasteiger partial charge in [0.2, 0.25) is 5.91 Å². The summed E-state index contributed by atoms with van der Waals surface area (Å²) in [5.74, 6) is 0.372. The van der Waals surface area contributed by atoms with Crippen molar-refractivity contribution in [1.82, 2.24) is 14.5 Å². The van der Waals surface area contributed by atoms with Crippen LogP contribution < -0.4 is 10.9 Å². The summed E-state index contributed by atoms with van der Waals surface area (Å²) in [5.41, 5.74) is 4.26. The molecule has 0 saturated heterocycles. The van der Waals surface area contributed by atoms with Crippen LogP contribution in [0.2, 0.25) is 5.02 Å². The Hall–Kier alpha value is -2.96. The molecule has 6 nitrogen and oxygen atoms in total. The van der Waals surface area contributed by atoms with E-state index in [1.54, 1.807) is 12.1 Å². The van der Waals surface area contributed by atoms with Crippen molar-refractivity contribution in [3.05, 3.63) is 92.1 Å². The number of amides is 1. The first-order valence-electron chi connectivity index (χ1n) is 11.4. The predicted molar refractivity (Wildman–Crippen MR) is 132 cm³/mol. The molecule has 0 fully saturated rings. The Bertz CT molecular complexity index is 1210. The molecule has 7 heteroatoms. The van der Waals surface area contributed by atoms with E-state index in [-0.39, 0.29) is 18.0 Å². The molecule has 4 rings (SSSR count). The Labute approximate surface area is 199 Å². The minimum atomic E-state index is -0.288. The highest BCUT2D eigenvalue weighted by molar-refractivity contribution is 6.33. The van der Waals surface area contributed by atoms with Crippen LogP contribution in [0, 0.1) is 6.92 Å². The van der Waals surface area contributed by atoms with E-state index < -0.39 is 0 Å². The van der Waals surface area contributed by atoms with E-state index >= 15 is 0 Å². The average molecular weight is 465 g/mol. The van der Waals surface area contributed by atoms with Crippen molar-refractivity contribution in [2.24, 2.45) is 0 Å². The number of nitrogens with zero attached hydrogens (tertiary/aromatic N) is 3. The highest BCUT2D eigenvalue weighted by Gasteiger charge is 2.24. The lowest BCUT2D eigenvalue weighted by Gasteiger charge is -2.29. The number of halogens is 1. The van der Waals surface area contributed by atoms with Crippen LogP contribution in [0.15, 0.2) is 53.3 Å². The molecule has 0 aliphatic carbocycles. The number of aromatic nitrogens is 2.